The Morgan fingerprint density at radius 1 is 0.750 bits per heavy atom. The van der Waals surface area contributed by atoms with Crippen LogP contribution in [0.1, 0.15) is 31.3 Å². The predicted molar refractivity (Wildman–Crippen MR) is 151 cm³/mol. The van der Waals surface area contributed by atoms with E-state index in [9.17, 15) is 25.0 Å². The number of halogens is 2. The molecule has 0 aliphatic heterocycles. The van der Waals surface area contributed by atoms with E-state index in [4.69, 9.17) is 32.0 Å². The molecule has 0 unspecified atom stereocenters. The first-order chi connectivity index (χ1) is 19.1. The summed E-state index contributed by atoms with van der Waals surface area (Å²) >= 11 is 11.8. The maximum Gasteiger partial charge on any atom is 0.288 e. The van der Waals surface area contributed by atoms with Crippen LogP contribution in [-0.2, 0) is 4.79 Å². The predicted octanol–water partition coefficient (Wildman–Crippen LogP) is 8.80. The molecule has 4 aromatic rings. The van der Waals surface area contributed by atoms with E-state index in [0.29, 0.717) is 58.2 Å². The highest BCUT2D eigenvalue weighted by molar-refractivity contribution is 6.33. The molecule has 0 spiro atoms. The van der Waals surface area contributed by atoms with Gasteiger partial charge in [-0.15, -0.1) is 0 Å². The van der Waals surface area contributed by atoms with Gasteiger partial charge in [-0.2, -0.15) is 0 Å². The molecule has 9 nitrogen and oxygen atoms in total. The molecule has 2 heterocycles. The summed E-state index contributed by atoms with van der Waals surface area (Å²) in [6.07, 6.45) is 4.47. The van der Waals surface area contributed by atoms with Crippen LogP contribution in [0.4, 0.5) is 11.4 Å². The van der Waals surface area contributed by atoms with Gasteiger partial charge in [0.1, 0.15) is 33.1 Å². The van der Waals surface area contributed by atoms with E-state index in [-0.39, 0.29) is 33.1 Å². The van der Waals surface area contributed by atoms with Gasteiger partial charge in [0, 0.05) is 34.4 Å². The Balaban J connectivity index is 1.39. The topological polar surface area (TPSA) is 130 Å². The van der Waals surface area contributed by atoms with Crippen LogP contribution in [0.5, 0.6) is 0 Å². The first-order valence-corrected chi connectivity index (χ1v) is 12.9. The highest BCUT2D eigenvalue weighted by Crippen LogP contribution is 2.36. The van der Waals surface area contributed by atoms with Crippen molar-refractivity contribution in [2.24, 2.45) is 5.92 Å². The van der Waals surface area contributed by atoms with Gasteiger partial charge < -0.3 is 8.83 Å². The van der Waals surface area contributed by atoms with Crippen molar-refractivity contribution in [1.29, 1.82) is 0 Å². The third kappa shape index (κ3) is 5.61. The average Bonchev–Trinajstić information content (AvgIpc) is 3.57. The second kappa shape index (κ2) is 11.0. The van der Waals surface area contributed by atoms with E-state index in [2.05, 4.69) is 0 Å². The number of nitro groups is 2. The fourth-order valence-corrected chi connectivity index (χ4v) is 4.96. The molecule has 2 aromatic heterocycles. The fraction of sp³-hybridized carbons (Fsp3) is 0.138. The lowest BCUT2D eigenvalue weighted by Crippen LogP contribution is -2.18. The van der Waals surface area contributed by atoms with E-state index in [1.807, 2.05) is 6.92 Å². The SMILES string of the molecule is CC1C/C(=C\c2ccc(-c3ccc(Cl)c([N+](=O)[O-])c3)o2)C(=O)/C(=C/c2ccc(-c3ccc(Cl)c([N+](=O)[O-])c3)o2)C1. The molecule has 0 N–H and O–H groups in total. The molecule has 0 radical (unpaired) electrons. The molecule has 11 heteroatoms. The van der Waals surface area contributed by atoms with Crippen LogP contribution in [0, 0.1) is 26.1 Å². The summed E-state index contributed by atoms with van der Waals surface area (Å²) in [6, 6.07) is 15.6. The zero-order valence-electron chi connectivity index (χ0n) is 20.9. The van der Waals surface area contributed by atoms with Crippen LogP contribution in [0.2, 0.25) is 10.0 Å². The van der Waals surface area contributed by atoms with E-state index in [0.717, 1.165) is 0 Å². The molecule has 40 heavy (non-hydrogen) atoms. The van der Waals surface area contributed by atoms with Crippen LogP contribution < -0.4 is 0 Å². The molecular formula is C29H20Cl2N2O7. The Morgan fingerprint density at radius 2 is 1.18 bits per heavy atom. The van der Waals surface area contributed by atoms with Crippen molar-refractivity contribution in [3.8, 4) is 22.6 Å². The van der Waals surface area contributed by atoms with Gasteiger partial charge in [-0.25, -0.2) is 0 Å². The first kappa shape index (κ1) is 27.1. The van der Waals surface area contributed by atoms with Gasteiger partial charge in [-0.05, 0) is 79.4 Å². The Bertz CT molecular complexity index is 1610. The lowest BCUT2D eigenvalue weighted by molar-refractivity contribution is -0.384. The number of rotatable bonds is 6. The third-order valence-electron chi connectivity index (χ3n) is 6.46. The molecule has 2 aromatic carbocycles. The summed E-state index contributed by atoms with van der Waals surface area (Å²) in [5, 5.41) is 22.5. The Kier molecular flexibility index (Phi) is 7.42. The van der Waals surface area contributed by atoms with E-state index in [1.54, 1.807) is 48.6 Å². The number of hydrogen-bond donors (Lipinski definition) is 0. The number of hydrogen-bond acceptors (Lipinski definition) is 7. The molecule has 0 atom stereocenters. The molecule has 1 saturated carbocycles. The summed E-state index contributed by atoms with van der Waals surface area (Å²) in [5.41, 5.74) is 1.66. The fourth-order valence-electron chi connectivity index (χ4n) is 4.59. The van der Waals surface area contributed by atoms with Gasteiger partial charge in [-0.1, -0.05) is 30.1 Å². The summed E-state index contributed by atoms with van der Waals surface area (Å²) in [6.45, 7) is 2.04. The van der Waals surface area contributed by atoms with Crippen molar-refractivity contribution in [2.45, 2.75) is 19.8 Å². The normalized spacial score (nSPS) is 17.5. The number of carbonyl (C=O) groups is 1. The highest BCUT2D eigenvalue weighted by atomic mass is 35.5. The van der Waals surface area contributed by atoms with Crippen molar-refractivity contribution in [3.05, 3.63) is 114 Å². The lowest BCUT2D eigenvalue weighted by Gasteiger charge is -2.22. The van der Waals surface area contributed by atoms with Crippen LogP contribution in [0.15, 0.2) is 80.6 Å². The minimum absolute atomic E-state index is 0.0295. The van der Waals surface area contributed by atoms with Crippen LogP contribution in [0.25, 0.3) is 34.8 Å². The summed E-state index contributed by atoms with van der Waals surface area (Å²) < 4.78 is 11.8. The van der Waals surface area contributed by atoms with E-state index >= 15 is 0 Å². The second-order valence-corrected chi connectivity index (χ2v) is 10.2. The molecule has 0 amide bonds. The van der Waals surface area contributed by atoms with Crippen molar-refractivity contribution in [2.75, 3.05) is 0 Å². The van der Waals surface area contributed by atoms with Crippen molar-refractivity contribution >= 4 is 52.5 Å². The molecule has 202 valence electrons. The largest absolute Gasteiger partial charge is 0.457 e. The molecular weight excluding hydrogens is 559 g/mol. The Hall–Kier alpha value is -4.47. The summed E-state index contributed by atoms with van der Waals surface area (Å²) in [4.78, 5) is 34.7. The number of furan rings is 2. The van der Waals surface area contributed by atoms with E-state index < -0.39 is 9.85 Å². The molecule has 0 saturated heterocycles. The number of carbonyl (C=O) groups excluding carboxylic acids is 1. The molecule has 1 fully saturated rings. The van der Waals surface area contributed by atoms with Crippen LogP contribution in [0.3, 0.4) is 0 Å². The Morgan fingerprint density at radius 3 is 1.57 bits per heavy atom. The Labute approximate surface area is 237 Å². The van der Waals surface area contributed by atoms with Gasteiger partial charge in [0.15, 0.2) is 5.78 Å². The quantitative estimate of drug-likeness (QED) is 0.127. The maximum atomic E-state index is 13.3. The standard InChI is InChI=1S/C29H20Cl2N2O7/c1-16-10-19(12-21-4-8-27(39-21)17-2-6-23(30)25(14-17)32(35)36)29(34)20(11-16)13-22-5-9-28(40-22)18-3-7-24(31)26(15-18)33(37)38/h2-9,12-16H,10-11H2,1H3/b19-12+,20-13+. The number of benzene rings is 2. The number of ketones is 1. The molecule has 5 rings (SSSR count). The van der Waals surface area contributed by atoms with Gasteiger partial charge in [-0.3, -0.25) is 25.0 Å². The monoisotopic (exact) mass is 578 g/mol. The maximum absolute atomic E-state index is 13.3. The molecule has 1 aliphatic carbocycles. The number of Topliss-reactive ketones (excluding diaryl/α,β-unsaturated/α-hetero) is 1. The zero-order chi connectivity index (χ0) is 28.6. The summed E-state index contributed by atoms with van der Waals surface area (Å²) in [5.74, 6) is 1.73. The van der Waals surface area contributed by atoms with E-state index in [1.165, 1.54) is 24.3 Å². The van der Waals surface area contributed by atoms with Crippen molar-refractivity contribution in [1.82, 2.24) is 0 Å². The summed E-state index contributed by atoms with van der Waals surface area (Å²) in [7, 11) is 0. The smallest absolute Gasteiger partial charge is 0.288 e. The minimum Gasteiger partial charge on any atom is -0.457 e. The van der Waals surface area contributed by atoms with Crippen molar-refractivity contribution < 1.29 is 23.5 Å². The van der Waals surface area contributed by atoms with Crippen molar-refractivity contribution in [3.63, 3.8) is 0 Å². The lowest BCUT2D eigenvalue weighted by atomic mass is 9.81. The second-order valence-electron chi connectivity index (χ2n) is 9.43. The third-order valence-corrected chi connectivity index (χ3v) is 7.10. The molecule has 1 aliphatic rings. The average molecular weight is 579 g/mol. The van der Waals surface area contributed by atoms with Gasteiger partial charge in [0.2, 0.25) is 0 Å². The minimum atomic E-state index is -0.561. The highest BCUT2D eigenvalue weighted by Gasteiger charge is 2.26. The number of allylic oxidation sites excluding steroid dienone is 2. The first-order valence-electron chi connectivity index (χ1n) is 12.1. The van der Waals surface area contributed by atoms with Gasteiger partial charge in [0.25, 0.3) is 11.4 Å². The van der Waals surface area contributed by atoms with Gasteiger partial charge >= 0.3 is 0 Å². The number of nitro benzene ring substituents is 2. The van der Waals surface area contributed by atoms with Crippen LogP contribution in [-0.4, -0.2) is 15.6 Å². The zero-order valence-corrected chi connectivity index (χ0v) is 22.4. The van der Waals surface area contributed by atoms with Crippen LogP contribution >= 0.6 is 23.2 Å². The van der Waals surface area contributed by atoms with Gasteiger partial charge in [0.05, 0.1) is 9.85 Å². The molecule has 0 bridgehead atoms. The number of nitrogens with zero attached hydrogens (tertiary/aromatic N) is 2.